The summed E-state index contributed by atoms with van der Waals surface area (Å²) in [5.74, 6) is 0.705. The highest BCUT2D eigenvalue weighted by molar-refractivity contribution is 7.99. The number of anilines is 1. The Kier molecular flexibility index (Phi) is 3.92. The number of hydrogen-bond donors (Lipinski definition) is 1. The third-order valence-electron chi connectivity index (χ3n) is 2.01. The van der Waals surface area contributed by atoms with E-state index in [2.05, 4.69) is 35.4 Å². The van der Waals surface area contributed by atoms with Crippen LogP contribution in [0.3, 0.4) is 0 Å². The Morgan fingerprint density at radius 1 is 1.47 bits per heavy atom. The molecule has 0 aliphatic carbocycles. The normalized spacial score (nSPS) is 10.8. The van der Waals surface area contributed by atoms with Crippen LogP contribution in [0.2, 0.25) is 0 Å². The molecule has 0 spiro atoms. The number of nitriles is 1. The molecule has 80 valence electrons. The van der Waals surface area contributed by atoms with Crippen molar-refractivity contribution in [1.82, 2.24) is 9.97 Å². The van der Waals surface area contributed by atoms with Crippen molar-refractivity contribution in [3.8, 4) is 6.07 Å². The lowest BCUT2D eigenvalue weighted by Gasteiger charge is -2.22. The molecule has 1 aromatic rings. The number of aromatic nitrogens is 2. The van der Waals surface area contributed by atoms with Gasteiger partial charge in [0.25, 0.3) is 0 Å². The van der Waals surface area contributed by atoms with Crippen molar-refractivity contribution >= 4 is 17.6 Å². The van der Waals surface area contributed by atoms with E-state index < -0.39 is 0 Å². The van der Waals surface area contributed by atoms with Gasteiger partial charge in [0.15, 0.2) is 5.69 Å². The second kappa shape index (κ2) is 4.99. The lowest BCUT2D eigenvalue weighted by molar-refractivity contribution is 0.749. The summed E-state index contributed by atoms with van der Waals surface area (Å²) in [4.78, 5) is 8.01. The highest BCUT2D eigenvalue weighted by atomic mass is 32.2. The molecule has 0 atom stereocenters. The summed E-state index contributed by atoms with van der Waals surface area (Å²) >= 11 is 1.79. The second-order valence-corrected chi connectivity index (χ2v) is 5.23. The van der Waals surface area contributed by atoms with Crippen LogP contribution < -0.4 is 5.32 Å². The zero-order valence-corrected chi connectivity index (χ0v) is 9.93. The summed E-state index contributed by atoms with van der Waals surface area (Å²) in [6.07, 6.45) is 5.12. The molecule has 0 saturated carbocycles. The minimum absolute atomic E-state index is 0.162. The van der Waals surface area contributed by atoms with Crippen LogP contribution in [-0.2, 0) is 0 Å². The summed E-state index contributed by atoms with van der Waals surface area (Å²) < 4.78 is 0.162. The lowest BCUT2D eigenvalue weighted by atomic mass is 10.2. The number of nitrogens with zero attached hydrogens (tertiary/aromatic N) is 3. The van der Waals surface area contributed by atoms with Gasteiger partial charge in [-0.05, 0) is 20.1 Å². The summed E-state index contributed by atoms with van der Waals surface area (Å²) in [5.41, 5.74) is 0.338. The molecule has 1 rings (SSSR count). The van der Waals surface area contributed by atoms with Gasteiger partial charge in [-0.25, -0.2) is 9.97 Å². The van der Waals surface area contributed by atoms with Gasteiger partial charge in [-0.1, -0.05) is 0 Å². The molecule has 1 aromatic heterocycles. The maximum atomic E-state index is 8.55. The van der Waals surface area contributed by atoms with Gasteiger partial charge >= 0.3 is 0 Å². The molecule has 0 aromatic carbocycles. The van der Waals surface area contributed by atoms with E-state index in [0.29, 0.717) is 11.5 Å². The van der Waals surface area contributed by atoms with Crippen LogP contribution in [0.4, 0.5) is 5.82 Å². The van der Waals surface area contributed by atoms with Gasteiger partial charge in [-0.2, -0.15) is 17.0 Å². The Hall–Kier alpha value is -1.28. The molecule has 0 unspecified atom stereocenters. The fraction of sp³-hybridized carbons (Fsp3) is 0.500. The third-order valence-corrected chi connectivity index (χ3v) is 3.26. The van der Waals surface area contributed by atoms with E-state index in [9.17, 15) is 0 Å². The predicted octanol–water partition coefficient (Wildman–Crippen LogP) is 1.90. The van der Waals surface area contributed by atoms with E-state index in [-0.39, 0.29) is 4.75 Å². The van der Waals surface area contributed by atoms with Crippen molar-refractivity contribution in [2.24, 2.45) is 0 Å². The first-order valence-corrected chi connectivity index (χ1v) is 5.81. The Morgan fingerprint density at radius 2 is 2.20 bits per heavy atom. The lowest BCUT2D eigenvalue weighted by Crippen LogP contribution is -2.26. The smallest absolute Gasteiger partial charge is 0.158 e. The molecule has 0 saturated heterocycles. The van der Waals surface area contributed by atoms with Gasteiger partial charge in [-0.3, -0.25) is 0 Å². The van der Waals surface area contributed by atoms with E-state index in [1.54, 1.807) is 18.0 Å². The molecule has 0 aliphatic rings. The minimum Gasteiger partial charge on any atom is -0.367 e. The molecule has 5 heteroatoms. The van der Waals surface area contributed by atoms with E-state index in [1.807, 2.05) is 6.07 Å². The zero-order chi connectivity index (χ0) is 11.3. The van der Waals surface area contributed by atoms with Crippen LogP contribution >= 0.6 is 11.8 Å². The first-order valence-electron chi connectivity index (χ1n) is 4.58. The number of thioether (sulfide) groups is 1. The van der Waals surface area contributed by atoms with Gasteiger partial charge < -0.3 is 5.32 Å². The zero-order valence-electron chi connectivity index (χ0n) is 9.11. The molecule has 4 nitrogen and oxygen atoms in total. The van der Waals surface area contributed by atoms with Crippen LogP contribution in [0.5, 0.6) is 0 Å². The first-order chi connectivity index (χ1) is 7.07. The summed E-state index contributed by atoms with van der Waals surface area (Å²) in [7, 11) is 0. The number of hydrogen-bond acceptors (Lipinski definition) is 5. The second-order valence-electron chi connectivity index (χ2n) is 3.72. The topological polar surface area (TPSA) is 61.6 Å². The third kappa shape index (κ3) is 3.76. The fourth-order valence-electron chi connectivity index (χ4n) is 0.853. The van der Waals surface area contributed by atoms with E-state index >= 15 is 0 Å². The van der Waals surface area contributed by atoms with E-state index in [1.165, 1.54) is 6.20 Å². The van der Waals surface area contributed by atoms with Crippen LogP contribution in [0.25, 0.3) is 0 Å². The van der Waals surface area contributed by atoms with Crippen molar-refractivity contribution in [3.63, 3.8) is 0 Å². The van der Waals surface area contributed by atoms with Gasteiger partial charge in [0.05, 0.1) is 12.4 Å². The van der Waals surface area contributed by atoms with Crippen molar-refractivity contribution in [1.29, 1.82) is 5.26 Å². The highest BCUT2D eigenvalue weighted by Gasteiger charge is 2.15. The Balaban J connectivity index is 2.56. The van der Waals surface area contributed by atoms with Crippen molar-refractivity contribution in [3.05, 3.63) is 18.1 Å². The molecule has 1 heterocycles. The average molecular weight is 222 g/mol. The molecular weight excluding hydrogens is 208 g/mol. The molecule has 0 amide bonds. The van der Waals surface area contributed by atoms with Gasteiger partial charge in [0.1, 0.15) is 11.9 Å². The first kappa shape index (κ1) is 11.8. The molecule has 0 bridgehead atoms. The quantitative estimate of drug-likeness (QED) is 0.843. The largest absolute Gasteiger partial charge is 0.367 e. The van der Waals surface area contributed by atoms with E-state index in [0.717, 1.165) is 6.54 Å². The van der Waals surface area contributed by atoms with Gasteiger partial charge in [-0.15, -0.1) is 0 Å². The average Bonchev–Trinajstić information content (AvgIpc) is 2.27. The summed E-state index contributed by atoms with van der Waals surface area (Å²) in [6.45, 7) is 5.12. The molecule has 1 N–H and O–H groups in total. The Labute approximate surface area is 94.1 Å². The van der Waals surface area contributed by atoms with Crippen LogP contribution in [0, 0.1) is 11.3 Å². The van der Waals surface area contributed by atoms with E-state index in [4.69, 9.17) is 5.26 Å². The Bertz CT molecular complexity index is 353. The van der Waals surface area contributed by atoms with Gasteiger partial charge in [0.2, 0.25) is 0 Å². The Morgan fingerprint density at radius 3 is 2.67 bits per heavy atom. The summed E-state index contributed by atoms with van der Waals surface area (Å²) in [5, 5.41) is 11.7. The molecular formula is C10H14N4S. The predicted molar refractivity (Wildman–Crippen MR) is 62.8 cm³/mol. The monoisotopic (exact) mass is 222 g/mol. The molecule has 0 fully saturated rings. The van der Waals surface area contributed by atoms with Crippen LogP contribution in [0.15, 0.2) is 12.4 Å². The molecule has 0 radical (unpaired) electrons. The van der Waals surface area contributed by atoms with Crippen LogP contribution in [-0.4, -0.2) is 27.5 Å². The SMILES string of the molecule is CSC(C)(C)CNc1cnc(C#N)cn1. The number of rotatable bonds is 4. The van der Waals surface area contributed by atoms with Crippen molar-refractivity contribution < 1.29 is 0 Å². The van der Waals surface area contributed by atoms with Crippen molar-refractivity contribution in [2.45, 2.75) is 18.6 Å². The minimum atomic E-state index is 0.162. The molecule has 15 heavy (non-hydrogen) atoms. The highest BCUT2D eigenvalue weighted by Crippen LogP contribution is 2.20. The number of nitrogens with one attached hydrogen (secondary N) is 1. The van der Waals surface area contributed by atoms with Crippen LogP contribution in [0.1, 0.15) is 19.5 Å². The maximum absolute atomic E-state index is 8.55. The maximum Gasteiger partial charge on any atom is 0.158 e. The standard InChI is InChI=1S/C10H14N4S/c1-10(2,15-3)7-14-9-6-12-8(4-11)5-13-9/h5-6H,7H2,1-3H3,(H,13,14). The fourth-order valence-corrected chi connectivity index (χ4v) is 1.07. The summed E-state index contributed by atoms with van der Waals surface area (Å²) in [6, 6.07) is 1.93. The van der Waals surface area contributed by atoms with Gasteiger partial charge in [0, 0.05) is 11.3 Å². The molecule has 0 aliphatic heterocycles. The van der Waals surface area contributed by atoms with Crippen molar-refractivity contribution in [2.75, 3.05) is 18.1 Å².